The van der Waals surface area contributed by atoms with Gasteiger partial charge in [0, 0.05) is 0 Å². The minimum Gasteiger partial charge on any atom is -0.294 e. The first-order valence-corrected chi connectivity index (χ1v) is 7.31. The molecule has 0 spiro atoms. The third-order valence-electron chi connectivity index (χ3n) is 2.74. The van der Waals surface area contributed by atoms with Gasteiger partial charge < -0.3 is 0 Å². The number of carbonyl (C=O) groups excluding carboxylic acids is 2. The van der Waals surface area contributed by atoms with Crippen LogP contribution in [0.4, 0.5) is 0 Å². The first-order valence-electron chi connectivity index (χ1n) is 5.70. The van der Waals surface area contributed by atoms with Crippen LogP contribution < -0.4 is 5.32 Å². The lowest BCUT2D eigenvalue weighted by atomic mass is 10.2. The van der Waals surface area contributed by atoms with Crippen LogP contribution >= 0.6 is 0 Å². The highest BCUT2D eigenvalue weighted by atomic mass is 32.2. The zero-order valence-electron chi connectivity index (χ0n) is 10.4. The highest BCUT2D eigenvalue weighted by Crippen LogP contribution is 2.13. The zero-order valence-corrected chi connectivity index (χ0v) is 11.2. The molecule has 1 aromatic carbocycles. The highest BCUT2D eigenvalue weighted by molar-refractivity contribution is 7.88. The number of nitriles is 1. The Morgan fingerprint density at radius 3 is 2.20 bits per heavy atom. The van der Waals surface area contributed by atoms with Crippen LogP contribution in [0.2, 0.25) is 0 Å². The van der Waals surface area contributed by atoms with Crippen molar-refractivity contribution in [2.24, 2.45) is 0 Å². The molecule has 0 atom stereocenters. The van der Waals surface area contributed by atoms with Crippen molar-refractivity contribution < 1.29 is 18.0 Å². The van der Waals surface area contributed by atoms with E-state index in [2.05, 4.69) is 0 Å². The van der Waals surface area contributed by atoms with E-state index in [4.69, 9.17) is 5.26 Å². The summed E-state index contributed by atoms with van der Waals surface area (Å²) in [5.74, 6) is -1.59. The van der Waals surface area contributed by atoms with E-state index < -0.39 is 21.8 Å². The lowest BCUT2D eigenvalue weighted by Gasteiger charge is -2.24. The van der Waals surface area contributed by atoms with Crippen molar-refractivity contribution >= 4 is 21.8 Å². The fourth-order valence-corrected chi connectivity index (χ4v) is 3.21. The Labute approximate surface area is 115 Å². The molecule has 0 radical (unpaired) electrons. The molecule has 1 aromatic rings. The number of sulfonamides is 1. The molecule has 0 bridgehead atoms. The number of piperazine rings is 1. The summed E-state index contributed by atoms with van der Waals surface area (Å²) in [6, 6.07) is 8.02. The largest absolute Gasteiger partial charge is 0.294 e. The Kier molecular flexibility index (Phi) is 3.83. The molecule has 0 saturated carbocycles. The van der Waals surface area contributed by atoms with Crippen LogP contribution in [0, 0.1) is 11.3 Å². The predicted octanol–water partition coefficient (Wildman–Crippen LogP) is -0.654. The second-order valence-electron chi connectivity index (χ2n) is 4.30. The Hall–Kier alpha value is -2.24. The Balaban J connectivity index is 2.16. The molecule has 0 unspecified atom stereocenters. The maximum absolute atomic E-state index is 12.1. The van der Waals surface area contributed by atoms with E-state index in [0.29, 0.717) is 11.1 Å². The summed E-state index contributed by atoms with van der Waals surface area (Å²) >= 11 is 0. The van der Waals surface area contributed by atoms with E-state index in [1.165, 1.54) is 24.3 Å². The fraction of sp³-hybridized carbons (Fsp3) is 0.250. The van der Waals surface area contributed by atoms with Gasteiger partial charge >= 0.3 is 0 Å². The molecule has 1 aliphatic heterocycles. The van der Waals surface area contributed by atoms with E-state index in [0.717, 1.165) is 4.31 Å². The van der Waals surface area contributed by atoms with Crippen LogP contribution in [-0.4, -0.2) is 37.6 Å². The van der Waals surface area contributed by atoms with Crippen molar-refractivity contribution in [3.05, 3.63) is 35.4 Å². The number of carbonyl (C=O) groups is 2. The molecule has 1 aliphatic rings. The van der Waals surface area contributed by atoms with Crippen LogP contribution in [0.5, 0.6) is 0 Å². The minimum atomic E-state index is -3.75. The molecule has 0 aliphatic carbocycles. The predicted molar refractivity (Wildman–Crippen MR) is 68.5 cm³/mol. The van der Waals surface area contributed by atoms with Gasteiger partial charge in [-0.1, -0.05) is 12.1 Å². The number of benzene rings is 1. The number of imide groups is 1. The number of hydrogen-bond acceptors (Lipinski definition) is 5. The summed E-state index contributed by atoms with van der Waals surface area (Å²) in [7, 11) is -3.75. The first kappa shape index (κ1) is 14.2. The van der Waals surface area contributed by atoms with Crippen molar-refractivity contribution in [3.8, 4) is 6.07 Å². The number of hydrogen-bond donors (Lipinski definition) is 1. The third-order valence-corrected chi connectivity index (χ3v) is 4.49. The quantitative estimate of drug-likeness (QED) is 0.745. The number of nitrogens with zero attached hydrogens (tertiary/aromatic N) is 2. The van der Waals surface area contributed by atoms with Gasteiger partial charge in [-0.05, 0) is 17.7 Å². The Morgan fingerprint density at radius 1 is 1.15 bits per heavy atom. The molecule has 1 saturated heterocycles. The van der Waals surface area contributed by atoms with Crippen molar-refractivity contribution in [1.29, 1.82) is 5.26 Å². The molecule has 1 N–H and O–H groups in total. The highest BCUT2D eigenvalue weighted by Gasteiger charge is 2.31. The summed E-state index contributed by atoms with van der Waals surface area (Å²) in [5.41, 5.74) is 0.918. The summed E-state index contributed by atoms with van der Waals surface area (Å²) < 4.78 is 25.1. The summed E-state index contributed by atoms with van der Waals surface area (Å²) in [6.07, 6.45) is 0. The van der Waals surface area contributed by atoms with Crippen molar-refractivity contribution in [2.45, 2.75) is 5.75 Å². The molecule has 1 fully saturated rings. The van der Waals surface area contributed by atoms with Gasteiger partial charge in [-0.3, -0.25) is 14.9 Å². The van der Waals surface area contributed by atoms with Crippen molar-refractivity contribution in [1.82, 2.24) is 9.62 Å². The molecule has 104 valence electrons. The molecular weight excluding hydrogens is 282 g/mol. The number of amides is 2. The monoisotopic (exact) mass is 293 g/mol. The summed E-state index contributed by atoms with van der Waals surface area (Å²) in [6.45, 7) is -0.714. The van der Waals surface area contributed by atoms with Gasteiger partial charge in [0.15, 0.2) is 0 Å². The molecular formula is C12H11N3O4S. The van der Waals surface area contributed by atoms with E-state index >= 15 is 0 Å². The van der Waals surface area contributed by atoms with E-state index in [1.54, 1.807) is 0 Å². The van der Waals surface area contributed by atoms with Gasteiger partial charge in [0.1, 0.15) is 0 Å². The van der Waals surface area contributed by atoms with Gasteiger partial charge in [0.05, 0.1) is 30.5 Å². The van der Waals surface area contributed by atoms with Crippen LogP contribution in [0.1, 0.15) is 11.1 Å². The van der Waals surface area contributed by atoms with Crippen LogP contribution in [0.3, 0.4) is 0 Å². The zero-order chi connectivity index (χ0) is 14.8. The first-order chi connectivity index (χ1) is 9.40. The van der Waals surface area contributed by atoms with Gasteiger partial charge in [0.2, 0.25) is 21.8 Å². The second-order valence-corrected chi connectivity index (χ2v) is 6.27. The molecule has 20 heavy (non-hydrogen) atoms. The topological polar surface area (TPSA) is 107 Å². The Morgan fingerprint density at radius 2 is 1.70 bits per heavy atom. The smallest absolute Gasteiger partial charge is 0.241 e. The average molecular weight is 293 g/mol. The van der Waals surface area contributed by atoms with Crippen LogP contribution in [0.15, 0.2) is 24.3 Å². The molecule has 1 heterocycles. The van der Waals surface area contributed by atoms with E-state index in [-0.39, 0.29) is 18.8 Å². The van der Waals surface area contributed by atoms with Gasteiger partial charge in [0.25, 0.3) is 0 Å². The maximum atomic E-state index is 12.1. The lowest BCUT2D eigenvalue weighted by molar-refractivity contribution is -0.134. The van der Waals surface area contributed by atoms with Crippen molar-refractivity contribution in [2.75, 3.05) is 13.1 Å². The number of nitrogens with one attached hydrogen (secondary N) is 1. The summed E-state index contributed by atoms with van der Waals surface area (Å²) in [5, 5.41) is 10.7. The van der Waals surface area contributed by atoms with E-state index in [9.17, 15) is 18.0 Å². The average Bonchev–Trinajstić information content (AvgIpc) is 2.38. The molecule has 0 aromatic heterocycles. The van der Waals surface area contributed by atoms with Crippen LogP contribution in [-0.2, 0) is 25.4 Å². The third kappa shape index (κ3) is 3.20. The maximum Gasteiger partial charge on any atom is 0.241 e. The van der Waals surface area contributed by atoms with Gasteiger partial charge in [-0.15, -0.1) is 0 Å². The fourth-order valence-electron chi connectivity index (χ4n) is 1.78. The molecule has 7 nitrogen and oxygen atoms in total. The van der Waals surface area contributed by atoms with Gasteiger partial charge in [-0.2, -0.15) is 9.57 Å². The Bertz CT molecular complexity index is 672. The van der Waals surface area contributed by atoms with E-state index in [1.807, 2.05) is 11.4 Å². The normalized spacial score (nSPS) is 16.6. The summed E-state index contributed by atoms with van der Waals surface area (Å²) in [4.78, 5) is 22.4. The molecule has 2 amide bonds. The standard InChI is InChI=1S/C12H11N3O4S/c13-5-9-1-3-10(4-2-9)8-20(18,19)15-6-11(16)14-12(17)7-15/h1-4H,6-8H2,(H,14,16,17). The number of rotatable bonds is 3. The van der Waals surface area contributed by atoms with Gasteiger partial charge in [-0.25, -0.2) is 8.42 Å². The lowest BCUT2D eigenvalue weighted by Crippen LogP contribution is -2.53. The van der Waals surface area contributed by atoms with Crippen molar-refractivity contribution in [3.63, 3.8) is 0 Å². The second kappa shape index (κ2) is 5.40. The van der Waals surface area contributed by atoms with Crippen LogP contribution in [0.25, 0.3) is 0 Å². The molecule has 8 heteroatoms. The molecule has 2 rings (SSSR count). The minimum absolute atomic E-state index is 0.320. The SMILES string of the molecule is N#Cc1ccc(CS(=O)(=O)N2CC(=O)NC(=O)C2)cc1.